The summed E-state index contributed by atoms with van der Waals surface area (Å²) in [6.07, 6.45) is 3.71. The number of hydrogen-bond acceptors (Lipinski definition) is 4. The van der Waals surface area contributed by atoms with Gasteiger partial charge < -0.3 is 0 Å². The molecule has 0 amide bonds. The fourth-order valence-electron chi connectivity index (χ4n) is 0.494. The van der Waals surface area contributed by atoms with E-state index in [-0.39, 0.29) is 3.79 Å². The second-order valence-electron chi connectivity index (χ2n) is 1.86. The van der Waals surface area contributed by atoms with Crippen molar-refractivity contribution in [2.24, 2.45) is 0 Å². The zero-order chi connectivity index (χ0) is 8.97. The molecule has 6 heteroatoms. The summed E-state index contributed by atoms with van der Waals surface area (Å²) in [6.45, 7) is 1.40. The topological polar surface area (TPSA) is 61.2 Å². The molecule has 0 aliphatic carbocycles. The Hall–Kier alpha value is -0.920. The number of aromatic nitrogens is 2. The number of carbonyl (C=O) groups excluding carboxylic acids is 2. The van der Waals surface area contributed by atoms with Crippen LogP contribution in [0.25, 0.3) is 0 Å². The Labute approximate surface area is 79.5 Å². The van der Waals surface area contributed by atoms with Gasteiger partial charge in [-0.05, 0) is 0 Å². The van der Waals surface area contributed by atoms with Crippen molar-refractivity contribution in [3.8, 4) is 0 Å². The molecule has 0 saturated carbocycles. The van der Waals surface area contributed by atoms with Gasteiger partial charge in [-0.2, -0.15) is 0 Å². The molecule has 0 unspecified atom stereocenters. The molecular formula is C6H6IN2O3-. The Morgan fingerprint density at radius 3 is 2.83 bits per heavy atom. The predicted octanol–water partition coefficient (Wildman–Crippen LogP) is -2.58. The summed E-state index contributed by atoms with van der Waals surface area (Å²) in [6, 6.07) is 0. The van der Waals surface area contributed by atoms with Crippen LogP contribution in [0.2, 0.25) is 0 Å². The summed E-state index contributed by atoms with van der Waals surface area (Å²) in [7, 11) is 0. The van der Waals surface area contributed by atoms with Crippen LogP contribution in [-0.4, -0.2) is 19.4 Å². The molecule has 0 aromatic carbocycles. The van der Waals surface area contributed by atoms with Gasteiger partial charge in [0.25, 0.3) is 0 Å². The molecule has 1 aromatic heterocycles. The van der Waals surface area contributed by atoms with Crippen LogP contribution >= 0.6 is 0 Å². The average molecular weight is 281 g/mol. The number of rotatable bonds is 2. The van der Waals surface area contributed by atoms with E-state index < -0.39 is 27.7 Å². The van der Waals surface area contributed by atoms with E-state index in [2.05, 4.69) is 4.98 Å². The third-order valence-electron chi connectivity index (χ3n) is 0.928. The molecule has 1 aromatic rings. The van der Waals surface area contributed by atoms with Gasteiger partial charge in [-0.3, -0.25) is 0 Å². The maximum absolute atomic E-state index is 11.0. The monoisotopic (exact) mass is 281 g/mol. The van der Waals surface area contributed by atoms with Crippen LogP contribution < -0.4 is 21.6 Å². The fourth-order valence-corrected chi connectivity index (χ4v) is 1.22. The van der Waals surface area contributed by atoms with Crippen molar-refractivity contribution in [2.45, 2.75) is 6.92 Å². The Balaban J connectivity index is 2.45. The SMILES string of the molecule is CC(=O)[I-]OC(=O)n1ccnc1. The predicted molar refractivity (Wildman–Crippen MR) is 34.8 cm³/mol. The number of imidazole rings is 1. The molecule has 0 bridgehead atoms. The second kappa shape index (κ2) is 4.19. The number of carbonyl (C=O) groups is 2. The molecule has 0 fully saturated rings. The van der Waals surface area contributed by atoms with Crippen molar-refractivity contribution >= 4 is 9.88 Å². The van der Waals surface area contributed by atoms with Crippen molar-refractivity contribution in [1.82, 2.24) is 9.55 Å². The summed E-state index contributed by atoms with van der Waals surface area (Å²) in [5.74, 6) is 0. The molecule has 66 valence electrons. The van der Waals surface area contributed by atoms with E-state index in [1.165, 1.54) is 30.2 Å². The first-order valence-electron chi connectivity index (χ1n) is 3.05. The summed E-state index contributed by atoms with van der Waals surface area (Å²) >= 11 is -1.12. The Bertz CT molecular complexity index is 283. The van der Waals surface area contributed by atoms with Gasteiger partial charge in [-0.1, -0.05) is 0 Å². The standard InChI is InChI=1S/C6H6IN2O3/c1-5(10)7-12-6(11)9-3-2-8-4-9/h2-4H,1H3/q-1. The first-order valence-corrected chi connectivity index (χ1v) is 5.00. The van der Waals surface area contributed by atoms with Gasteiger partial charge >= 0.3 is 79.4 Å². The van der Waals surface area contributed by atoms with E-state index in [1.807, 2.05) is 0 Å². The van der Waals surface area contributed by atoms with Crippen molar-refractivity contribution in [1.29, 1.82) is 0 Å². The molecule has 0 radical (unpaired) electrons. The first kappa shape index (κ1) is 9.17. The molecule has 1 rings (SSSR count). The van der Waals surface area contributed by atoms with Gasteiger partial charge in [0, 0.05) is 0 Å². The van der Waals surface area contributed by atoms with Gasteiger partial charge in [0.1, 0.15) is 0 Å². The van der Waals surface area contributed by atoms with Crippen LogP contribution in [-0.2, 0) is 7.86 Å². The fraction of sp³-hybridized carbons (Fsp3) is 0.167. The number of halogens is 1. The van der Waals surface area contributed by atoms with Crippen molar-refractivity contribution < 1.29 is 34.3 Å². The van der Waals surface area contributed by atoms with Crippen LogP contribution in [0.3, 0.4) is 0 Å². The van der Waals surface area contributed by atoms with Gasteiger partial charge in [0.15, 0.2) is 0 Å². The molecule has 5 nitrogen and oxygen atoms in total. The van der Waals surface area contributed by atoms with Gasteiger partial charge in [-0.15, -0.1) is 0 Å². The van der Waals surface area contributed by atoms with Gasteiger partial charge in [-0.25, -0.2) is 0 Å². The summed E-state index contributed by atoms with van der Waals surface area (Å²) < 4.78 is 5.79. The molecule has 0 aliphatic heterocycles. The Morgan fingerprint density at radius 1 is 1.58 bits per heavy atom. The average Bonchev–Trinajstić information content (AvgIpc) is 2.51. The number of hydrogen-bond donors (Lipinski definition) is 0. The van der Waals surface area contributed by atoms with Crippen LogP contribution in [0.5, 0.6) is 0 Å². The zero-order valence-corrected chi connectivity index (χ0v) is 8.39. The summed E-state index contributed by atoms with van der Waals surface area (Å²) in [5, 5.41) is 0. The third kappa shape index (κ3) is 2.61. The van der Waals surface area contributed by atoms with E-state index in [1.54, 1.807) is 0 Å². The first-order chi connectivity index (χ1) is 5.70. The van der Waals surface area contributed by atoms with E-state index in [4.69, 9.17) is 3.07 Å². The maximum atomic E-state index is 11.0. The van der Waals surface area contributed by atoms with E-state index in [9.17, 15) is 9.59 Å². The van der Waals surface area contributed by atoms with Crippen LogP contribution in [0.15, 0.2) is 18.7 Å². The minimum absolute atomic E-state index is 0.0812. The van der Waals surface area contributed by atoms with Crippen molar-refractivity contribution in [2.75, 3.05) is 0 Å². The molecule has 0 atom stereocenters. The van der Waals surface area contributed by atoms with Crippen molar-refractivity contribution in [3.63, 3.8) is 0 Å². The molecule has 12 heavy (non-hydrogen) atoms. The van der Waals surface area contributed by atoms with Crippen LogP contribution in [0.4, 0.5) is 4.79 Å². The van der Waals surface area contributed by atoms with Crippen molar-refractivity contribution in [3.05, 3.63) is 18.7 Å². The normalized spacial score (nSPS) is 9.75. The molecule has 0 spiro atoms. The van der Waals surface area contributed by atoms with Gasteiger partial charge in [0.05, 0.1) is 0 Å². The Kier molecular flexibility index (Phi) is 3.20. The van der Waals surface area contributed by atoms with E-state index >= 15 is 0 Å². The summed E-state index contributed by atoms with van der Waals surface area (Å²) in [5.41, 5.74) is 0. The quantitative estimate of drug-likeness (QED) is 0.441. The second-order valence-corrected chi connectivity index (χ2v) is 4.26. The van der Waals surface area contributed by atoms with Gasteiger partial charge in [0.2, 0.25) is 0 Å². The van der Waals surface area contributed by atoms with Crippen LogP contribution in [0, 0.1) is 0 Å². The molecular weight excluding hydrogens is 275 g/mol. The van der Waals surface area contributed by atoms with E-state index in [0.29, 0.717) is 0 Å². The van der Waals surface area contributed by atoms with Crippen LogP contribution in [0.1, 0.15) is 6.92 Å². The molecule has 0 aliphatic rings. The summed E-state index contributed by atoms with van der Waals surface area (Å²) in [4.78, 5) is 25.1. The number of nitrogens with zero attached hydrogens (tertiary/aromatic N) is 2. The third-order valence-corrected chi connectivity index (χ3v) is 2.15. The minimum atomic E-state index is -1.12. The zero-order valence-electron chi connectivity index (χ0n) is 6.23. The Morgan fingerprint density at radius 2 is 2.33 bits per heavy atom. The molecule has 0 saturated heterocycles. The van der Waals surface area contributed by atoms with E-state index in [0.717, 1.165) is 0 Å². The molecule has 0 N–H and O–H groups in total. The molecule has 1 heterocycles.